The highest BCUT2D eigenvalue weighted by molar-refractivity contribution is 5.85. The van der Waals surface area contributed by atoms with Crippen LogP contribution in [0.15, 0.2) is 0 Å². The lowest BCUT2D eigenvalue weighted by atomic mass is 9.98. The van der Waals surface area contributed by atoms with Gasteiger partial charge in [0, 0.05) is 6.04 Å². The van der Waals surface area contributed by atoms with Gasteiger partial charge < -0.3 is 15.2 Å². The van der Waals surface area contributed by atoms with Gasteiger partial charge in [-0.05, 0) is 27.2 Å². The summed E-state index contributed by atoms with van der Waals surface area (Å²) in [5.41, 5.74) is 4.80. The van der Waals surface area contributed by atoms with Crippen molar-refractivity contribution in [1.29, 1.82) is 0 Å². The van der Waals surface area contributed by atoms with Gasteiger partial charge in [0.25, 0.3) is 0 Å². The second-order valence-electron chi connectivity index (χ2n) is 4.37. The Morgan fingerprint density at radius 2 is 1.87 bits per heavy atom. The van der Waals surface area contributed by atoms with Crippen molar-refractivity contribution in [2.24, 2.45) is 11.1 Å². The van der Waals surface area contributed by atoms with Crippen molar-refractivity contribution in [3.63, 3.8) is 0 Å². The van der Waals surface area contributed by atoms with Crippen LogP contribution in [-0.4, -0.2) is 24.8 Å². The Hall–Kier alpha value is -1.10. The summed E-state index contributed by atoms with van der Waals surface area (Å²) < 4.78 is 9.11. The third-order valence-electron chi connectivity index (χ3n) is 1.73. The van der Waals surface area contributed by atoms with Gasteiger partial charge in [0.1, 0.15) is 6.61 Å². The van der Waals surface area contributed by atoms with E-state index in [1.165, 1.54) is 0 Å². The number of hydrogen-bond acceptors (Lipinski definition) is 5. The van der Waals surface area contributed by atoms with E-state index in [-0.39, 0.29) is 12.6 Å². The van der Waals surface area contributed by atoms with Crippen LogP contribution >= 0.6 is 0 Å². The van der Waals surface area contributed by atoms with Crippen molar-refractivity contribution in [3.8, 4) is 0 Å². The van der Waals surface area contributed by atoms with E-state index in [1.807, 2.05) is 6.92 Å². The van der Waals surface area contributed by atoms with Crippen LogP contribution in [0.4, 0.5) is 4.79 Å². The van der Waals surface area contributed by atoms with E-state index in [2.05, 4.69) is 9.47 Å². The minimum Gasteiger partial charge on any atom is -0.432 e. The zero-order valence-electron chi connectivity index (χ0n) is 9.70. The Labute approximate surface area is 89.9 Å². The molecule has 0 aromatic rings. The fourth-order valence-electron chi connectivity index (χ4n) is 0.551. The minimum absolute atomic E-state index is 0.0623. The van der Waals surface area contributed by atoms with Crippen LogP contribution in [0.2, 0.25) is 0 Å². The van der Waals surface area contributed by atoms with Crippen molar-refractivity contribution in [2.75, 3.05) is 6.61 Å². The summed E-state index contributed by atoms with van der Waals surface area (Å²) in [5, 5.41) is 0. The van der Waals surface area contributed by atoms with Crippen LogP contribution in [-0.2, 0) is 14.3 Å². The first kappa shape index (κ1) is 13.9. The highest BCUT2D eigenvalue weighted by Gasteiger charge is 2.26. The summed E-state index contributed by atoms with van der Waals surface area (Å²) in [7, 11) is 0. The van der Waals surface area contributed by atoms with Crippen LogP contribution in [0.25, 0.3) is 0 Å². The Morgan fingerprint density at radius 1 is 1.33 bits per heavy atom. The predicted molar refractivity (Wildman–Crippen MR) is 55.2 cm³/mol. The standard InChI is InChI=1S/C10H19NO4/c1-5-7(11)6-14-9(13)15-8(12)10(2,3)4/h7H,5-6,11H2,1-4H3. The lowest BCUT2D eigenvalue weighted by Crippen LogP contribution is -2.30. The molecule has 0 heterocycles. The molecule has 88 valence electrons. The molecule has 0 aromatic heterocycles. The molecule has 5 nitrogen and oxygen atoms in total. The van der Waals surface area contributed by atoms with Crippen molar-refractivity contribution in [2.45, 2.75) is 40.2 Å². The molecule has 0 amide bonds. The first-order valence-electron chi connectivity index (χ1n) is 4.92. The molecule has 0 saturated heterocycles. The lowest BCUT2D eigenvalue weighted by molar-refractivity contribution is -0.148. The summed E-state index contributed by atoms with van der Waals surface area (Å²) in [5.74, 6) is -0.613. The second-order valence-corrected chi connectivity index (χ2v) is 4.37. The number of nitrogens with two attached hydrogens (primary N) is 1. The number of carbonyl (C=O) groups excluding carboxylic acids is 2. The van der Waals surface area contributed by atoms with Gasteiger partial charge in [0.2, 0.25) is 0 Å². The largest absolute Gasteiger partial charge is 0.516 e. The smallest absolute Gasteiger partial charge is 0.432 e. The molecule has 0 aromatic carbocycles. The van der Waals surface area contributed by atoms with Gasteiger partial charge in [0.15, 0.2) is 0 Å². The van der Waals surface area contributed by atoms with Crippen molar-refractivity contribution in [3.05, 3.63) is 0 Å². The average Bonchev–Trinajstić information content (AvgIpc) is 2.12. The first-order valence-corrected chi connectivity index (χ1v) is 4.92. The Balaban J connectivity index is 3.90. The molecular weight excluding hydrogens is 198 g/mol. The van der Waals surface area contributed by atoms with Gasteiger partial charge in [-0.15, -0.1) is 0 Å². The summed E-state index contributed by atoms with van der Waals surface area (Å²) in [6.45, 7) is 6.90. The monoisotopic (exact) mass is 217 g/mol. The fraction of sp³-hybridized carbons (Fsp3) is 0.800. The fourth-order valence-corrected chi connectivity index (χ4v) is 0.551. The molecule has 0 aliphatic carbocycles. The molecule has 0 radical (unpaired) electrons. The number of esters is 1. The van der Waals surface area contributed by atoms with Gasteiger partial charge >= 0.3 is 12.1 Å². The molecule has 0 aliphatic heterocycles. The average molecular weight is 217 g/mol. The summed E-state index contributed by atoms with van der Waals surface area (Å²) >= 11 is 0. The Kier molecular flexibility index (Phi) is 5.28. The number of carbonyl (C=O) groups is 2. The molecule has 1 unspecified atom stereocenters. The Morgan fingerprint density at radius 3 is 2.27 bits per heavy atom. The summed E-state index contributed by atoms with van der Waals surface area (Å²) in [6, 6.07) is -0.220. The van der Waals surface area contributed by atoms with Gasteiger partial charge in [-0.3, -0.25) is 4.79 Å². The molecule has 5 heteroatoms. The normalized spacial score (nSPS) is 13.1. The number of ether oxygens (including phenoxy) is 2. The van der Waals surface area contributed by atoms with Crippen molar-refractivity contribution in [1.82, 2.24) is 0 Å². The Bertz CT molecular complexity index is 232. The highest BCUT2D eigenvalue weighted by Crippen LogP contribution is 2.15. The van der Waals surface area contributed by atoms with E-state index < -0.39 is 17.5 Å². The van der Waals surface area contributed by atoms with E-state index in [9.17, 15) is 9.59 Å². The molecule has 15 heavy (non-hydrogen) atoms. The maximum atomic E-state index is 11.2. The van der Waals surface area contributed by atoms with Crippen molar-refractivity contribution >= 4 is 12.1 Å². The third kappa shape index (κ3) is 6.06. The summed E-state index contributed by atoms with van der Waals surface area (Å²) in [4.78, 5) is 22.2. The third-order valence-corrected chi connectivity index (χ3v) is 1.73. The molecule has 0 bridgehead atoms. The molecule has 0 rings (SSSR count). The van der Waals surface area contributed by atoms with Crippen LogP contribution in [0.5, 0.6) is 0 Å². The number of rotatable bonds is 3. The highest BCUT2D eigenvalue weighted by atomic mass is 16.7. The van der Waals surface area contributed by atoms with E-state index in [0.29, 0.717) is 6.42 Å². The molecule has 2 N–H and O–H groups in total. The second kappa shape index (κ2) is 5.70. The topological polar surface area (TPSA) is 78.6 Å². The van der Waals surface area contributed by atoms with Crippen LogP contribution in [0.1, 0.15) is 34.1 Å². The molecule has 1 atom stereocenters. The molecule has 0 saturated carbocycles. The zero-order valence-corrected chi connectivity index (χ0v) is 9.70. The van der Waals surface area contributed by atoms with Gasteiger partial charge in [-0.2, -0.15) is 0 Å². The molecule has 0 spiro atoms. The maximum Gasteiger partial charge on any atom is 0.516 e. The van der Waals surface area contributed by atoms with Crippen LogP contribution < -0.4 is 5.73 Å². The van der Waals surface area contributed by atoms with Gasteiger partial charge in [-0.1, -0.05) is 6.92 Å². The predicted octanol–water partition coefficient (Wildman–Crippen LogP) is 1.45. The van der Waals surface area contributed by atoms with E-state index >= 15 is 0 Å². The SMILES string of the molecule is CCC(N)COC(=O)OC(=O)C(C)(C)C. The van der Waals surface area contributed by atoms with Gasteiger partial charge in [0.05, 0.1) is 5.41 Å². The van der Waals surface area contributed by atoms with Crippen LogP contribution in [0, 0.1) is 5.41 Å². The molecular formula is C10H19NO4. The first-order chi connectivity index (χ1) is 6.77. The molecule has 0 fully saturated rings. The van der Waals surface area contributed by atoms with Crippen LogP contribution in [0.3, 0.4) is 0 Å². The van der Waals surface area contributed by atoms with E-state index in [0.717, 1.165) is 0 Å². The number of hydrogen-bond donors (Lipinski definition) is 1. The lowest BCUT2D eigenvalue weighted by Gasteiger charge is -2.15. The van der Waals surface area contributed by atoms with Gasteiger partial charge in [-0.25, -0.2) is 4.79 Å². The summed E-state index contributed by atoms with van der Waals surface area (Å²) in [6.07, 6.45) is -0.292. The maximum absolute atomic E-state index is 11.2. The van der Waals surface area contributed by atoms with Crippen molar-refractivity contribution < 1.29 is 19.1 Å². The minimum atomic E-state index is -0.987. The molecule has 0 aliphatic rings. The van der Waals surface area contributed by atoms with E-state index in [1.54, 1.807) is 20.8 Å². The van der Waals surface area contributed by atoms with E-state index in [4.69, 9.17) is 5.73 Å². The zero-order chi connectivity index (χ0) is 12.1. The quantitative estimate of drug-likeness (QED) is 0.571.